The number of aryl methyl sites for hydroxylation is 1. The second kappa shape index (κ2) is 4.99. The molecule has 0 atom stereocenters. The fourth-order valence-electron chi connectivity index (χ4n) is 1.47. The molecule has 1 heterocycles. The molecule has 1 aromatic carbocycles. The SMILES string of the molecule is Cc1nc2cc(SCCO)c([N+](=O)[O-])cc2s1. The van der Waals surface area contributed by atoms with Gasteiger partial charge in [0.25, 0.3) is 5.69 Å². The Morgan fingerprint density at radius 1 is 1.59 bits per heavy atom. The van der Waals surface area contributed by atoms with Crippen molar-refractivity contribution in [3.8, 4) is 0 Å². The minimum atomic E-state index is -0.395. The topological polar surface area (TPSA) is 76.3 Å². The molecule has 0 aliphatic carbocycles. The predicted molar refractivity (Wildman–Crippen MR) is 68.8 cm³/mol. The molecule has 0 aliphatic heterocycles. The number of hydrogen-bond donors (Lipinski definition) is 1. The second-order valence-corrected chi connectivity index (χ2v) is 5.72. The molecule has 0 saturated heterocycles. The first-order chi connectivity index (χ1) is 8.11. The number of aromatic nitrogens is 1. The van der Waals surface area contributed by atoms with Crippen LogP contribution in [-0.2, 0) is 0 Å². The zero-order chi connectivity index (χ0) is 12.4. The van der Waals surface area contributed by atoms with Crippen LogP contribution in [0, 0.1) is 17.0 Å². The Morgan fingerprint density at radius 3 is 3.00 bits per heavy atom. The van der Waals surface area contributed by atoms with Gasteiger partial charge < -0.3 is 5.11 Å². The van der Waals surface area contributed by atoms with E-state index in [2.05, 4.69) is 4.98 Å². The standard InChI is InChI=1S/C10H10N2O3S2/c1-6-11-7-4-10(16-3-2-13)8(12(14)15)5-9(7)17-6/h4-5,13H,2-3H2,1H3. The van der Waals surface area contributed by atoms with E-state index in [0.717, 1.165) is 15.2 Å². The normalized spacial score (nSPS) is 10.9. The molecule has 1 aromatic heterocycles. The first-order valence-corrected chi connectivity index (χ1v) is 6.71. The molecule has 5 nitrogen and oxygen atoms in total. The lowest BCUT2D eigenvalue weighted by molar-refractivity contribution is -0.387. The van der Waals surface area contributed by atoms with Gasteiger partial charge in [-0.15, -0.1) is 23.1 Å². The van der Waals surface area contributed by atoms with Gasteiger partial charge in [0.15, 0.2) is 0 Å². The molecule has 0 spiro atoms. The van der Waals surface area contributed by atoms with Gasteiger partial charge in [0.1, 0.15) is 0 Å². The van der Waals surface area contributed by atoms with Crippen molar-refractivity contribution in [2.45, 2.75) is 11.8 Å². The van der Waals surface area contributed by atoms with E-state index in [9.17, 15) is 10.1 Å². The Hall–Kier alpha value is -1.18. The van der Waals surface area contributed by atoms with E-state index in [0.29, 0.717) is 10.6 Å². The first kappa shape index (κ1) is 12.3. The van der Waals surface area contributed by atoms with E-state index in [1.165, 1.54) is 23.1 Å². The molecule has 7 heteroatoms. The number of aliphatic hydroxyl groups excluding tert-OH is 1. The average molecular weight is 270 g/mol. The third-order valence-corrected chi connectivity index (χ3v) is 4.08. The summed E-state index contributed by atoms with van der Waals surface area (Å²) in [4.78, 5) is 15.4. The average Bonchev–Trinajstić information content (AvgIpc) is 2.63. The van der Waals surface area contributed by atoms with Gasteiger partial charge in [0.05, 0.1) is 31.6 Å². The van der Waals surface area contributed by atoms with Crippen LogP contribution in [0.2, 0.25) is 0 Å². The summed E-state index contributed by atoms with van der Waals surface area (Å²) in [6, 6.07) is 3.27. The van der Waals surface area contributed by atoms with Gasteiger partial charge >= 0.3 is 0 Å². The highest BCUT2D eigenvalue weighted by Crippen LogP contribution is 2.35. The number of nitrogens with zero attached hydrogens (tertiary/aromatic N) is 2. The van der Waals surface area contributed by atoms with Crippen molar-refractivity contribution < 1.29 is 10.0 Å². The molecule has 0 unspecified atom stereocenters. The second-order valence-electron chi connectivity index (χ2n) is 3.35. The van der Waals surface area contributed by atoms with E-state index in [1.54, 1.807) is 12.1 Å². The first-order valence-electron chi connectivity index (χ1n) is 4.91. The van der Waals surface area contributed by atoms with E-state index < -0.39 is 4.92 Å². The summed E-state index contributed by atoms with van der Waals surface area (Å²) in [5.41, 5.74) is 0.859. The number of fused-ring (bicyclic) bond motifs is 1. The third-order valence-electron chi connectivity index (χ3n) is 2.12. The molecule has 0 fully saturated rings. The molecule has 2 rings (SSSR count). The Balaban J connectivity index is 2.53. The number of benzene rings is 1. The molecular weight excluding hydrogens is 260 g/mol. The van der Waals surface area contributed by atoms with E-state index in [1.807, 2.05) is 6.92 Å². The molecule has 1 N–H and O–H groups in total. The minimum absolute atomic E-state index is 0.00402. The van der Waals surface area contributed by atoms with Gasteiger partial charge in [-0.25, -0.2) is 4.98 Å². The molecule has 90 valence electrons. The monoisotopic (exact) mass is 270 g/mol. The van der Waals surface area contributed by atoms with E-state index in [4.69, 9.17) is 5.11 Å². The highest BCUT2D eigenvalue weighted by atomic mass is 32.2. The van der Waals surface area contributed by atoms with Crippen molar-refractivity contribution in [2.75, 3.05) is 12.4 Å². The van der Waals surface area contributed by atoms with Crippen LogP contribution in [-0.4, -0.2) is 27.4 Å². The molecule has 0 bridgehead atoms. The van der Waals surface area contributed by atoms with Crippen LogP contribution in [0.4, 0.5) is 5.69 Å². The van der Waals surface area contributed by atoms with Crippen LogP contribution in [0.3, 0.4) is 0 Å². The summed E-state index contributed by atoms with van der Waals surface area (Å²) in [7, 11) is 0. The summed E-state index contributed by atoms with van der Waals surface area (Å²) < 4.78 is 0.822. The van der Waals surface area contributed by atoms with Crippen LogP contribution in [0.25, 0.3) is 10.2 Å². The van der Waals surface area contributed by atoms with Crippen molar-refractivity contribution in [1.82, 2.24) is 4.98 Å². The molecule has 0 radical (unpaired) electrons. The maximum Gasteiger partial charge on any atom is 0.284 e. The number of aliphatic hydroxyl groups is 1. The van der Waals surface area contributed by atoms with Gasteiger partial charge in [-0.2, -0.15) is 0 Å². The van der Waals surface area contributed by atoms with Crippen LogP contribution < -0.4 is 0 Å². The van der Waals surface area contributed by atoms with Crippen molar-refractivity contribution in [1.29, 1.82) is 0 Å². The Kier molecular flexibility index (Phi) is 3.60. The van der Waals surface area contributed by atoms with Crippen molar-refractivity contribution in [3.05, 3.63) is 27.3 Å². The lowest BCUT2D eigenvalue weighted by Crippen LogP contribution is -1.93. The summed E-state index contributed by atoms with van der Waals surface area (Å²) in [5, 5.41) is 20.6. The number of hydrogen-bond acceptors (Lipinski definition) is 6. The smallest absolute Gasteiger partial charge is 0.284 e. The number of rotatable bonds is 4. The van der Waals surface area contributed by atoms with Gasteiger partial charge in [-0.1, -0.05) is 0 Å². The summed E-state index contributed by atoms with van der Waals surface area (Å²) in [6.45, 7) is 1.87. The highest BCUT2D eigenvalue weighted by Gasteiger charge is 2.17. The van der Waals surface area contributed by atoms with Crippen LogP contribution in [0.5, 0.6) is 0 Å². The number of nitro benzene ring substituents is 1. The predicted octanol–water partition coefficient (Wildman–Crippen LogP) is 2.60. The Morgan fingerprint density at radius 2 is 2.35 bits per heavy atom. The molecule has 2 aromatic rings. The molecule has 0 saturated carbocycles. The van der Waals surface area contributed by atoms with Gasteiger partial charge in [-0.3, -0.25) is 10.1 Å². The molecular formula is C10H10N2O3S2. The Bertz CT molecular complexity index is 568. The highest BCUT2D eigenvalue weighted by molar-refractivity contribution is 7.99. The third kappa shape index (κ3) is 2.56. The largest absolute Gasteiger partial charge is 0.396 e. The van der Waals surface area contributed by atoms with Crippen molar-refractivity contribution in [2.24, 2.45) is 0 Å². The minimum Gasteiger partial charge on any atom is -0.396 e. The number of thioether (sulfide) groups is 1. The zero-order valence-electron chi connectivity index (χ0n) is 9.04. The summed E-state index contributed by atoms with van der Waals surface area (Å²) >= 11 is 2.71. The summed E-state index contributed by atoms with van der Waals surface area (Å²) in [6.07, 6.45) is 0. The quantitative estimate of drug-likeness (QED) is 0.525. The maximum atomic E-state index is 10.9. The van der Waals surface area contributed by atoms with Gasteiger partial charge in [0.2, 0.25) is 0 Å². The van der Waals surface area contributed by atoms with Crippen LogP contribution in [0.15, 0.2) is 17.0 Å². The van der Waals surface area contributed by atoms with Gasteiger partial charge in [-0.05, 0) is 13.0 Å². The molecule has 0 amide bonds. The van der Waals surface area contributed by atoms with E-state index in [-0.39, 0.29) is 12.3 Å². The van der Waals surface area contributed by atoms with E-state index >= 15 is 0 Å². The van der Waals surface area contributed by atoms with Crippen molar-refractivity contribution >= 4 is 39.0 Å². The van der Waals surface area contributed by atoms with Crippen molar-refractivity contribution in [3.63, 3.8) is 0 Å². The number of nitro groups is 1. The lowest BCUT2D eigenvalue weighted by atomic mass is 10.3. The maximum absolute atomic E-state index is 10.9. The number of thiazole rings is 1. The van der Waals surface area contributed by atoms with Gasteiger partial charge in [0, 0.05) is 11.8 Å². The molecule has 17 heavy (non-hydrogen) atoms. The fourth-order valence-corrected chi connectivity index (χ4v) is 3.10. The Labute approximate surface area is 106 Å². The van der Waals surface area contributed by atoms with Crippen LogP contribution in [0.1, 0.15) is 5.01 Å². The zero-order valence-corrected chi connectivity index (χ0v) is 10.7. The fraction of sp³-hybridized carbons (Fsp3) is 0.300. The van der Waals surface area contributed by atoms with Crippen LogP contribution >= 0.6 is 23.1 Å². The summed E-state index contributed by atoms with van der Waals surface area (Å²) in [5.74, 6) is 0.440. The molecule has 0 aliphatic rings. The lowest BCUT2D eigenvalue weighted by Gasteiger charge is -2.01.